The second-order valence-corrected chi connectivity index (χ2v) is 5.58. The molecule has 2 aliphatic rings. The lowest BCUT2D eigenvalue weighted by Crippen LogP contribution is -2.11. The molecule has 0 saturated heterocycles. The molecular weight excluding hydrogens is 296 g/mol. The standard InChI is InChI=1S/C18H16O5/c1-11-22-16-7-4-13(9-18(16)23-11)14(19)5-2-12-3-6-15-17(8-12)21-10-20-15/h3-4,6-9,11H,2,5,10H2,1H3. The summed E-state index contributed by atoms with van der Waals surface area (Å²) in [5, 5.41) is 0. The van der Waals surface area contributed by atoms with Gasteiger partial charge in [0, 0.05) is 18.9 Å². The quantitative estimate of drug-likeness (QED) is 0.810. The minimum atomic E-state index is -0.302. The van der Waals surface area contributed by atoms with Crippen LogP contribution in [0.15, 0.2) is 36.4 Å². The fourth-order valence-corrected chi connectivity index (χ4v) is 2.75. The summed E-state index contributed by atoms with van der Waals surface area (Å²) in [6.45, 7) is 2.08. The van der Waals surface area contributed by atoms with E-state index >= 15 is 0 Å². The summed E-state index contributed by atoms with van der Waals surface area (Å²) in [4.78, 5) is 12.4. The highest BCUT2D eigenvalue weighted by Gasteiger charge is 2.21. The molecular formula is C18H16O5. The average Bonchev–Trinajstić information content (AvgIpc) is 3.16. The summed E-state index contributed by atoms with van der Waals surface area (Å²) in [5.41, 5.74) is 1.69. The molecule has 0 radical (unpaired) electrons. The maximum absolute atomic E-state index is 12.4. The number of hydrogen-bond donors (Lipinski definition) is 0. The van der Waals surface area contributed by atoms with Crippen molar-refractivity contribution in [1.82, 2.24) is 0 Å². The maximum atomic E-state index is 12.4. The van der Waals surface area contributed by atoms with Crippen molar-refractivity contribution < 1.29 is 23.7 Å². The molecule has 0 saturated carbocycles. The van der Waals surface area contributed by atoms with Gasteiger partial charge in [-0.2, -0.15) is 0 Å². The van der Waals surface area contributed by atoms with Gasteiger partial charge in [0.1, 0.15) is 0 Å². The van der Waals surface area contributed by atoms with Crippen LogP contribution in [0.1, 0.15) is 29.3 Å². The lowest BCUT2D eigenvalue weighted by atomic mass is 10.0. The summed E-state index contributed by atoms with van der Waals surface area (Å²) >= 11 is 0. The molecule has 2 aromatic carbocycles. The molecule has 23 heavy (non-hydrogen) atoms. The van der Waals surface area contributed by atoms with Crippen LogP contribution in [-0.4, -0.2) is 18.9 Å². The van der Waals surface area contributed by atoms with Crippen LogP contribution in [0.25, 0.3) is 0 Å². The fraction of sp³-hybridized carbons (Fsp3) is 0.278. The molecule has 0 aliphatic carbocycles. The molecule has 2 heterocycles. The highest BCUT2D eigenvalue weighted by atomic mass is 16.7. The smallest absolute Gasteiger partial charge is 0.238 e. The molecule has 0 fully saturated rings. The second-order valence-electron chi connectivity index (χ2n) is 5.58. The van der Waals surface area contributed by atoms with Crippen molar-refractivity contribution in [2.75, 3.05) is 6.79 Å². The molecule has 0 aromatic heterocycles. The summed E-state index contributed by atoms with van der Waals surface area (Å²) in [7, 11) is 0. The van der Waals surface area contributed by atoms with E-state index in [1.54, 1.807) is 18.2 Å². The summed E-state index contributed by atoms with van der Waals surface area (Å²) in [6, 6.07) is 11.1. The Labute approximate surface area is 133 Å². The molecule has 2 aromatic rings. The van der Waals surface area contributed by atoms with Crippen molar-refractivity contribution in [2.45, 2.75) is 26.1 Å². The highest BCUT2D eigenvalue weighted by Crippen LogP contribution is 2.36. The first-order valence-electron chi connectivity index (χ1n) is 7.58. The van der Waals surface area contributed by atoms with Gasteiger partial charge in [0.25, 0.3) is 0 Å². The molecule has 0 amide bonds. The fourth-order valence-electron chi connectivity index (χ4n) is 2.75. The minimum Gasteiger partial charge on any atom is -0.454 e. The summed E-state index contributed by atoms with van der Waals surface area (Å²) < 4.78 is 21.6. The molecule has 2 aliphatic heterocycles. The van der Waals surface area contributed by atoms with Gasteiger partial charge >= 0.3 is 0 Å². The van der Waals surface area contributed by atoms with Gasteiger partial charge in [-0.3, -0.25) is 4.79 Å². The van der Waals surface area contributed by atoms with Crippen LogP contribution in [0.4, 0.5) is 0 Å². The van der Waals surface area contributed by atoms with Gasteiger partial charge in [-0.15, -0.1) is 0 Å². The normalized spacial score (nSPS) is 17.3. The number of ether oxygens (including phenoxy) is 4. The van der Waals surface area contributed by atoms with E-state index in [1.165, 1.54) is 0 Å². The van der Waals surface area contributed by atoms with Gasteiger partial charge in [0.05, 0.1) is 0 Å². The maximum Gasteiger partial charge on any atom is 0.238 e. The van der Waals surface area contributed by atoms with Crippen LogP contribution in [0.5, 0.6) is 23.0 Å². The largest absolute Gasteiger partial charge is 0.454 e. The Hall–Kier alpha value is -2.69. The third-order valence-electron chi connectivity index (χ3n) is 3.93. The number of carbonyl (C=O) groups is 1. The molecule has 1 unspecified atom stereocenters. The zero-order valence-corrected chi connectivity index (χ0v) is 12.7. The number of fused-ring (bicyclic) bond motifs is 2. The number of aryl methyl sites for hydroxylation is 1. The van der Waals surface area contributed by atoms with Crippen molar-refractivity contribution in [2.24, 2.45) is 0 Å². The lowest BCUT2D eigenvalue weighted by molar-refractivity contribution is 0.0677. The van der Waals surface area contributed by atoms with E-state index < -0.39 is 0 Å². The Balaban J connectivity index is 1.43. The van der Waals surface area contributed by atoms with E-state index in [1.807, 2.05) is 25.1 Å². The molecule has 4 rings (SSSR count). The third-order valence-corrected chi connectivity index (χ3v) is 3.93. The van der Waals surface area contributed by atoms with Crippen LogP contribution >= 0.6 is 0 Å². The van der Waals surface area contributed by atoms with Gasteiger partial charge in [-0.25, -0.2) is 0 Å². The van der Waals surface area contributed by atoms with E-state index in [9.17, 15) is 4.79 Å². The van der Waals surface area contributed by atoms with E-state index in [0.29, 0.717) is 29.9 Å². The van der Waals surface area contributed by atoms with E-state index in [4.69, 9.17) is 18.9 Å². The molecule has 118 valence electrons. The number of Topliss-reactive ketones (excluding diaryl/α,β-unsaturated/α-hetero) is 1. The van der Waals surface area contributed by atoms with Crippen LogP contribution < -0.4 is 18.9 Å². The first-order valence-corrected chi connectivity index (χ1v) is 7.58. The van der Waals surface area contributed by atoms with Crippen LogP contribution in [0, 0.1) is 0 Å². The Kier molecular flexibility index (Phi) is 3.33. The number of ketones is 1. The number of rotatable bonds is 4. The zero-order valence-electron chi connectivity index (χ0n) is 12.7. The van der Waals surface area contributed by atoms with Gasteiger partial charge in [0.2, 0.25) is 13.1 Å². The van der Waals surface area contributed by atoms with E-state index in [0.717, 1.165) is 17.1 Å². The molecule has 5 nitrogen and oxygen atoms in total. The van der Waals surface area contributed by atoms with Crippen LogP contribution in [0.2, 0.25) is 0 Å². The zero-order chi connectivity index (χ0) is 15.8. The van der Waals surface area contributed by atoms with Crippen molar-refractivity contribution >= 4 is 5.78 Å². The van der Waals surface area contributed by atoms with Crippen molar-refractivity contribution in [3.05, 3.63) is 47.5 Å². The Morgan fingerprint density at radius 2 is 1.78 bits per heavy atom. The van der Waals surface area contributed by atoms with Gasteiger partial charge in [0.15, 0.2) is 28.8 Å². The molecule has 5 heteroatoms. The number of benzene rings is 2. The van der Waals surface area contributed by atoms with Crippen LogP contribution in [-0.2, 0) is 6.42 Å². The van der Waals surface area contributed by atoms with Gasteiger partial charge in [-0.05, 0) is 42.3 Å². The third kappa shape index (κ3) is 2.70. The van der Waals surface area contributed by atoms with E-state index in [2.05, 4.69) is 0 Å². The summed E-state index contributed by atoms with van der Waals surface area (Å²) in [6.07, 6.45) is 0.777. The number of carbonyl (C=O) groups excluding carboxylic acids is 1. The van der Waals surface area contributed by atoms with Crippen molar-refractivity contribution in [3.8, 4) is 23.0 Å². The minimum absolute atomic E-state index is 0.0774. The molecule has 0 spiro atoms. The lowest BCUT2D eigenvalue weighted by Gasteiger charge is -2.04. The van der Waals surface area contributed by atoms with Crippen LogP contribution in [0.3, 0.4) is 0 Å². The summed E-state index contributed by atoms with van der Waals surface area (Å²) in [5.74, 6) is 2.89. The Morgan fingerprint density at radius 3 is 2.70 bits per heavy atom. The average molecular weight is 312 g/mol. The van der Waals surface area contributed by atoms with Gasteiger partial charge in [-0.1, -0.05) is 6.07 Å². The monoisotopic (exact) mass is 312 g/mol. The Bertz CT molecular complexity index is 768. The predicted molar refractivity (Wildman–Crippen MR) is 82.4 cm³/mol. The molecule has 0 N–H and O–H groups in total. The first-order chi connectivity index (χ1) is 11.2. The molecule has 0 bridgehead atoms. The Morgan fingerprint density at radius 1 is 1.00 bits per heavy atom. The van der Waals surface area contributed by atoms with E-state index in [-0.39, 0.29) is 18.9 Å². The van der Waals surface area contributed by atoms with Crippen molar-refractivity contribution in [1.29, 1.82) is 0 Å². The SMILES string of the molecule is CC1Oc2ccc(C(=O)CCc3ccc4c(c3)OCO4)cc2O1. The van der Waals surface area contributed by atoms with Gasteiger partial charge < -0.3 is 18.9 Å². The van der Waals surface area contributed by atoms with Crippen molar-refractivity contribution in [3.63, 3.8) is 0 Å². The first kappa shape index (κ1) is 13.9. The highest BCUT2D eigenvalue weighted by molar-refractivity contribution is 5.96. The topological polar surface area (TPSA) is 54.0 Å². The second kappa shape index (κ2) is 5.50. The predicted octanol–water partition coefficient (Wildman–Crippen LogP) is 3.35. The number of hydrogen-bond acceptors (Lipinski definition) is 5. The molecule has 1 atom stereocenters.